The smallest absolute Gasteiger partial charge is 0.236 e. The number of anilines is 2. The Kier molecular flexibility index (Phi) is 5.14. The topological polar surface area (TPSA) is 71.1 Å². The summed E-state index contributed by atoms with van der Waals surface area (Å²) in [6.07, 6.45) is 1.64. The quantitative estimate of drug-likeness (QED) is 0.833. The van der Waals surface area contributed by atoms with Gasteiger partial charge in [-0.25, -0.2) is 4.98 Å². The van der Waals surface area contributed by atoms with Crippen LogP contribution in [0.4, 0.5) is 10.8 Å². The molecule has 0 atom stereocenters. The van der Waals surface area contributed by atoms with Gasteiger partial charge in [0.1, 0.15) is 0 Å². The molecule has 0 aliphatic rings. The molecule has 1 aromatic carbocycles. The van der Waals surface area contributed by atoms with E-state index in [1.807, 2.05) is 18.2 Å². The summed E-state index contributed by atoms with van der Waals surface area (Å²) in [6, 6.07) is 7.38. The first-order valence-corrected chi connectivity index (χ1v) is 7.70. The van der Waals surface area contributed by atoms with Gasteiger partial charge in [-0.3, -0.25) is 9.59 Å². The number of nitrogens with zero attached hydrogens (tertiary/aromatic N) is 1. The van der Waals surface area contributed by atoms with Gasteiger partial charge in [-0.2, -0.15) is 0 Å². The Bertz CT molecular complexity index is 599. The molecule has 1 aromatic heterocycles. The van der Waals surface area contributed by atoms with Crippen LogP contribution < -0.4 is 10.6 Å². The molecule has 0 bridgehead atoms. The Balaban J connectivity index is 1.87. The summed E-state index contributed by atoms with van der Waals surface area (Å²) in [4.78, 5) is 27.6. The molecule has 0 saturated heterocycles. The zero-order valence-electron chi connectivity index (χ0n) is 10.8. The molecule has 0 aliphatic heterocycles. The molecule has 0 fully saturated rings. The summed E-state index contributed by atoms with van der Waals surface area (Å²) < 4.78 is 0. The number of amides is 2. The predicted octanol–water partition coefficient (Wildman–Crippen LogP) is 2.83. The lowest BCUT2D eigenvalue weighted by Crippen LogP contribution is -2.13. The van der Waals surface area contributed by atoms with Crippen LogP contribution in [0.5, 0.6) is 0 Å². The molecule has 0 aliphatic carbocycles. The molecule has 7 heteroatoms. The van der Waals surface area contributed by atoms with E-state index in [1.165, 1.54) is 30.0 Å². The first-order valence-electron chi connectivity index (χ1n) is 5.83. The van der Waals surface area contributed by atoms with Crippen LogP contribution in [-0.2, 0) is 9.59 Å². The highest BCUT2D eigenvalue weighted by Gasteiger charge is 2.05. The standard InChI is InChI=1S/C13H13N3O2S2/c1-9(17)15-10-3-2-4-11(7-10)20-8-12(18)16-13-14-5-6-19-13/h2-7H,8H2,1H3,(H,15,17)(H,14,16,18). The van der Waals surface area contributed by atoms with Gasteiger partial charge < -0.3 is 10.6 Å². The van der Waals surface area contributed by atoms with Crippen LogP contribution in [0.15, 0.2) is 40.7 Å². The second kappa shape index (κ2) is 7.06. The zero-order valence-corrected chi connectivity index (χ0v) is 12.4. The van der Waals surface area contributed by atoms with Crippen molar-refractivity contribution < 1.29 is 9.59 Å². The van der Waals surface area contributed by atoms with Crippen LogP contribution in [0, 0.1) is 0 Å². The third kappa shape index (κ3) is 4.67. The average Bonchev–Trinajstić information content (AvgIpc) is 2.89. The first-order chi connectivity index (χ1) is 9.63. The number of hydrogen-bond acceptors (Lipinski definition) is 5. The van der Waals surface area contributed by atoms with Crippen molar-refractivity contribution in [3.8, 4) is 0 Å². The van der Waals surface area contributed by atoms with Crippen molar-refractivity contribution in [2.45, 2.75) is 11.8 Å². The highest BCUT2D eigenvalue weighted by atomic mass is 32.2. The highest BCUT2D eigenvalue weighted by molar-refractivity contribution is 8.00. The highest BCUT2D eigenvalue weighted by Crippen LogP contribution is 2.22. The minimum absolute atomic E-state index is 0.102. The Morgan fingerprint density at radius 1 is 1.35 bits per heavy atom. The SMILES string of the molecule is CC(=O)Nc1cccc(SCC(=O)Nc2nccs2)c1. The summed E-state index contributed by atoms with van der Waals surface area (Å²) in [5.74, 6) is 0.0758. The normalized spacial score (nSPS) is 10.1. The number of aromatic nitrogens is 1. The number of carbonyl (C=O) groups is 2. The van der Waals surface area contributed by atoms with Gasteiger partial charge in [0.2, 0.25) is 11.8 Å². The third-order valence-corrected chi connectivity index (χ3v) is 3.89. The van der Waals surface area contributed by atoms with Crippen LogP contribution in [-0.4, -0.2) is 22.6 Å². The summed E-state index contributed by atoms with van der Waals surface area (Å²) in [7, 11) is 0. The predicted molar refractivity (Wildman–Crippen MR) is 82.2 cm³/mol. The lowest BCUT2D eigenvalue weighted by molar-refractivity contribution is -0.114. The third-order valence-electron chi connectivity index (χ3n) is 2.20. The summed E-state index contributed by atoms with van der Waals surface area (Å²) in [5, 5.41) is 7.83. The molecule has 2 aromatic rings. The number of rotatable bonds is 5. The van der Waals surface area contributed by atoms with E-state index in [-0.39, 0.29) is 11.8 Å². The number of nitrogens with one attached hydrogen (secondary N) is 2. The van der Waals surface area contributed by atoms with E-state index in [9.17, 15) is 9.59 Å². The fourth-order valence-electron chi connectivity index (χ4n) is 1.46. The van der Waals surface area contributed by atoms with Gasteiger partial charge in [-0.05, 0) is 18.2 Å². The van der Waals surface area contributed by atoms with E-state index in [4.69, 9.17) is 0 Å². The van der Waals surface area contributed by atoms with E-state index in [0.29, 0.717) is 10.9 Å². The Hall–Kier alpha value is -1.86. The van der Waals surface area contributed by atoms with E-state index in [0.717, 1.165) is 10.6 Å². The van der Waals surface area contributed by atoms with Crippen LogP contribution in [0.25, 0.3) is 0 Å². The Morgan fingerprint density at radius 3 is 2.90 bits per heavy atom. The van der Waals surface area contributed by atoms with Gasteiger partial charge in [0.05, 0.1) is 5.75 Å². The molecule has 5 nitrogen and oxygen atoms in total. The molecule has 0 saturated carbocycles. The van der Waals surface area contributed by atoms with Crippen LogP contribution in [0.1, 0.15) is 6.92 Å². The first kappa shape index (κ1) is 14.5. The van der Waals surface area contributed by atoms with Gasteiger partial charge >= 0.3 is 0 Å². The summed E-state index contributed by atoms with van der Waals surface area (Å²) >= 11 is 2.79. The maximum Gasteiger partial charge on any atom is 0.236 e. The molecule has 0 spiro atoms. The zero-order chi connectivity index (χ0) is 14.4. The van der Waals surface area contributed by atoms with Crippen molar-refractivity contribution in [3.05, 3.63) is 35.8 Å². The molecule has 0 unspecified atom stereocenters. The van der Waals surface area contributed by atoms with Gasteiger partial charge in [0, 0.05) is 29.1 Å². The van der Waals surface area contributed by atoms with E-state index in [1.54, 1.807) is 17.6 Å². The van der Waals surface area contributed by atoms with Crippen molar-refractivity contribution in [1.82, 2.24) is 4.98 Å². The minimum Gasteiger partial charge on any atom is -0.326 e. The number of carbonyl (C=O) groups excluding carboxylic acids is 2. The van der Waals surface area contributed by atoms with Gasteiger partial charge in [0.15, 0.2) is 5.13 Å². The molecule has 1 heterocycles. The van der Waals surface area contributed by atoms with E-state index < -0.39 is 0 Å². The van der Waals surface area contributed by atoms with Crippen LogP contribution >= 0.6 is 23.1 Å². The van der Waals surface area contributed by atoms with Crippen molar-refractivity contribution in [3.63, 3.8) is 0 Å². The molecule has 2 N–H and O–H groups in total. The number of thiazole rings is 1. The number of benzene rings is 1. The van der Waals surface area contributed by atoms with Crippen molar-refractivity contribution in [1.29, 1.82) is 0 Å². The van der Waals surface area contributed by atoms with E-state index in [2.05, 4.69) is 15.6 Å². The van der Waals surface area contributed by atoms with Gasteiger partial charge in [0.25, 0.3) is 0 Å². The number of hydrogen-bond donors (Lipinski definition) is 2. The summed E-state index contributed by atoms with van der Waals surface area (Å²) in [6.45, 7) is 1.46. The fraction of sp³-hybridized carbons (Fsp3) is 0.154. The second-order valence-electron chi connectivity index (χ2n) is 3.88. The molecular weight excluding hydrogens is 294 g/mol. The monoisotopic (exact) mass is 307 g/mol. The van der Waals surface area contributed by atoms with Gasteiger partial charge in [-0.1, -0.05) is 6.07 Å². The van der Waals surface area contributed by atoms with Crippen molar-refractivity contribution >= 4 is 45.7 Å². The molecule has 20 heavy (non-hydrogen) atoms. The fourth-order valence-corrected chi connectivity index (χ4v) is 2.76. The molecular formula is C13H13N3O2S2. The van der Waals surface area contributed by atoms with Gasteiger partial charge in [-0.15, -0.1) is 23.1 Å². The van der Waals surface area contributed by atoms with E-state index >= 15 is 0 Å². The Labute approximate surface area is 124 Å². The lowest BCUT2D eigenvalue weighted by atomic mass is 10.3. The largest absolute Gasteiger partial charge is 0.326 e. The molecule has 2 rings (SSSR count). The second-order valence-corrected chi connectivity index (χ2v) is 5.83. The minimum atomic E-state index is -0.117. The average molecular weight is 307 g/mol. The van der Waals surface area contributed by atoms with Crippen LogP contribution in [0.2, 0.25) is 0 Å². The van der Waals surface area contributed by atoms with Crippen molar-refractivity contribution in [2.24, 2.45) is 0 Å². The molecule has 2 amide bonds. The van der Waals surface area contributed by atoms with Crippen molar-refractivity contribution in [2.75, 3.05) is 16.4 Å². The maximum atomic E-state index is 11.7. The molecule has 104 valence electrons. The number of thioether (sulfide) groups is 1. The lowest BCUT2D eigenvalue weighted by Gasteiger charge is -2.05. The molecule has 0 radical (unpaired) electrons. The van der Waals surface area contributed by atoms with Crippen LogP contribution in [0.3, 0.4) is 0 Å². The summed E-state index contributed by atoms with van der Waals surface area (Å²) in [5.41, 5.74) is 0.725. The maximum absolute atomic E-state index is 11.7. The Morgan fingerprint density at radius 2 is 2.20 bits per heavy atom.